The van der Waals surface area contributed by atoms with Crippen molar-refractivity contribution in [3.63, 3.8) is 0 Å². The summed E-state index contributed by atoms with van der Waals surface area (Å²) < 4.78 is 10.5. The normalized spacial score (nSPS) is 15.3. The van der Waals surface area contributed by atoms with Crippen LogP contribution in [0.5, 0.6) is 0 Å². The molecule has 0 N–H and O–H groups in total. The molecule has 1 fully saturated rings. The zero-order valence-electron chi connectivity index (χ0n) is 13.7. The van der Waals surface area contributed by atoms with Gasteiger partial charge in [-0.2, -0.15) is 0 Å². The molecule has 1 saturated heterocycles. The average molecular weight is 320 g/mol. The minimum atomic E-state index is -0.411. The number of nitrogens with zero attached hydrogens (tertiary/aromatic N) is 2. The van der Waals surface area contributed by atoms with E-state index in [4.69, 9.17) is 9.47 Å². The molecule has 0 spiro atoms. The fourth-order valence-corrected chi connectivity index (χ4v) is 2.47. The number of hydrogen-bond donors (Lipinski definition) is 0. The molecule has 1 aromatic rings. The predicted octanol–water partition coefficient (Wildman–Crippen LogP) is 2.24. The molecule has 1 aliphatic heterocycles. The SMILES string of the molecule is CCC(CC(=O)N1CCOC1)N(C)C(=O)OCc1ccccc1. The first-order valence-electron chi connectivity index (χ1n) is 7.90. The Labute approximate surface area is 137 Å². The lowest BCUT2D eigenvalue weighted by Gasteiger charge is -2.27. The molecule has 0 aliphatic carbocycles. The largest absolute Gasteiger partial charge is 0.445 e. The zero-order valence-corrected chi connectivity index (χ0v) is 13.7. The molecule has 1 aliphatic rings. The van der Waals surface area contributed by atoms with Gasteiger partial charge >= 0.3 is 6.09 Å². The molecule has 1 heterocycles. The second-order valence-electron chi connectivity index (χ2n) is 5.61. The van der Waals surface area contributed by atoms with Crippen molar-refractivity contribution in [2.24, 2.45) is 0 Å². The third-order valence-corrected chi connectivity index (χ3v) is 4.03. The monoisotopic (exact) mass is 320 g/mol. The molecule has 0 saturated carbocycles. The van der Waals surface area contributed by atoms with E-state index in [0.717, 1.165) is 5.56 Å². The number of rotatable bonds is 6. The van der Waals surface area contributed by atoms with Crippen LogP contribution in [-0.2, 0) is 20.9 Å². The first-order valence-corrected chi connectivity index (χ1v) is 7.90. The van der Waals surface area contributed by atoms with Gasteiger partial charge in [0.15, 0.2) is 0 Å². The van der Waals surface area contributed by atoms with E-state index in [1.807, 2.05) is 37.3 Å². The van der Waals surface area contributed by atoms with Gasteiger partial charge in [-0.25, -0.2) is 4.79 Å². The standard InChI is InChI=1S/C17H24N2O4/c1-3-15(11-16(20)19-9-10-22-13-19)18(2)17(21)23-12-14-7-5-4-6-8-14/h4-8,15H,3,9-13H2,1-2H3. The van der Waals surface area contributed by atoms with Gasteiger partial charge in [0.2, 0.25) is 5.91 Å². The smallest absolute Gasteiger partial charge is 0.410 e. The van der Waals surface area contributed by atoms with Gasteiger partial charge in [-0.3, -0.25) is 4.79 Å². The third kappa shape index (κ3) is 4.96. The van der Waals surface area contributed by atoms with Gasteiger partial charge in [-0.05, 0) is 12.0 Å². The highest BCUT2D eigenvalue weighted by molar-refractivity contribution is 5.78. The van der Waals surface area contributed by atoms with Gasteiger partial charge < -0.3 is 19.3 Å². The molecule has 1 unspecified atom stereocenters. The lowest BCUT2D eigenvalue weighted by molar-refractivity contribution is -0.132. The highest BCUT2D eigenvalue weighted by atomic mass is 16.6. The summed E-state index contributed by atoms with van der Waals surface area (Å²) in [5.41, 5.74) is 0.938. The maximum absolute atomic E-state index is 12.2. The Morgan fingerprint density at radius 2 is 2.09 bits per heavy atom. The maximum atomic E-state index is 12.2. The van der Waals surface area contributed by atoms with E-state index in [0.29, 0.717) is 26.3 Å². The Morgan fingerprint density at radius 1 is 1.35 bits per heavy atom. The highest BCUT2D eigenvalue weighted by Crippen LogP contribution is 2.13. The van der Waals surface area contributed by atoms with Crippen LogP contribution in [0.2, 0.25) is 0 Å². The minimum absolute atomic E-state index is 0.0112. The Bertz CT molecular complexity index is 515. The summed E-state index contributed by atoms with van der Waals surface area (Å²) >= 11 is 0. The van der Waals surface area contributed by atoms with Gasteiger partial charge in [0.1, 0.15) is 13.3 Å². The van der Waals surface area contributed by atoms with Crippen molar-refractivity contribution in [1.29, 1.82) is 0 Å². The number of carbonyl (C=O) groups excluding carboxylic acids is 2. The van der Waals surface area contributed by atoms with Crippen molar-refractivity contribution in [1.82, 2.24) is 9.80 Å². The third-order valence-electron chi connectivity index (χ3n) is 4.03. The van der Waals surface area contributed by atoms with Crippen LogP contribution < -0.4 is 0 Å². The van der Waals surface area contributed by atoms with Gasteiger partial charge in [-0.15, -0.1) is 0 Å². The second-order valence-corrected chi connectivity index (χ2v) is 5.61. The Hall–Kier alpha value is -2.08. The molecule has 0 bridgehead atoms. The van der Waals surface area contributed by atoms with E-state index in [1.165, 1.54) is 4.90 Å². The average Bonchev–Trinajstić information content (AvgIpc) is 3.12. The molecule has 6 nitrogen and oxygen atoms in total. The Kier molecular flexibility index (Phi) is 6.40. The van der Waals surface area contributed by atoms with Crippen molar-refractivity contribution in [2.75, 3.05) is 26.9 Å². The van der Waals surface area contributed by atoms with Crippen LogP contribution in [-0.4, -0.2) is 54.8 Å². The van der Waals surface area contributed by atoms with E-state index >= 15 is 0 Å². The van der Waals surface area contributed by atoms with E-state index in [2.05, 4.69) is 0 Å². The summed E-state index contributed by atoms with van der Waals surface area (Å²) in [6.07, 6.45) is 0.569. The van der Waals surface area contributed by atoms with Crippen molar-refractivity contribution >= 4 is 12.0 Å². The highest BCUT2D eigenvalue weighted by Gasteiger charge is 2.26. The van der Waals surface area contributed by atoms with Crippen LogP contribution in [0.25, 0.3) is 0 Å². The summed E-state index contributed by atoms with van der Waals surface area (Å²) in [4.78, 5) is 27.5. The molecular weight excluding hydrogens is 296 g/mol. The fourth-order valence-electron chi connectivity index (χ4n) is 2.47. The van der Waals surface area contributed by atoms with Crippen molar-refractivity contribution in [3.8, 4) is 0 Å². The first-order chi connectivity index (χ1) is 11.1. The summed E-state index contributed by atoms with van der Waals surface area (Å²) in [6.45, 7) is 3.74. The van der Waals surface area contributed by atoms with E-state index in [1.54, 1.807) is 11.9 Å². The molecular formula is C17H24N2O4. The summed E-state index contributed by atoms with van der Waals surface area (Å²) in [5, 5.41) is 0. The van der Waals surface area contributed by atoms with Gasteiger partial charge in [0.05, 0.1) is 6.61 Å². The molecule has 1 aromatic carbocycles. The molecule has 0 radical (unpaired) electrons. The molecule has 6 heteroatoms. The number of carbonyl (C=O) groups is 2. The van der Waals surface area contributed by atoms with E-state index in [9.17, 15) is 9.59 Å². The summed E-state index contributed by atoms with van der Waals surface area (Å²) in [7, 11) is 1.68. The zero-order chi connectivity index (χ0) is 16.7. The van der Waals surface area contributed by atoms with Crippen molar-refractivity contribution < 1.29 is 19.1 Å². The van der Waals surface area contributed by atoms with Gasteiger partial charge in [0.25, 0.3) is 0 Å². The molecule has 126 valence electrons. The Balaban J connectivity index is 1.84. The maximum Gasteiger partial charge on any atom is 0.410 e. The summed E-state index contributed by atoms with van der Waals surface area (Å²) in [6, 6.07) is 9.35. The van der Waals surface area contributed by atoms with Crippen LogP contribution >= 0.6 is 0 Å². The lowest BCUT2D eigenvalue weighted by atomic mass is 10.1. The van der Waals surface area contributed by atoms with Crippen molar-refractivity contribution in [3.05, 3.63) is 35.9 Å². The van der Waals surface area contributed by atoms with Gasteiger partial charge in [0, 0.05) is 26.1 Å². The van der Waals surface area contributed by atoms with Crippen LogP contribution in [0.1, 0.15) is 25.3 Å². The Morgan fingerprint density at radius 3 is 2.70 bits per heavy atom. The topological polar surface area (TPSA) is 59.1 Å². The van der Waals surface area contributed by atoms with Crippen LogP contribution in [0.3, 0.4) is 0 Å². The first kappa shape index (κ1) is 17.3. The molecule has 2 rings (SSSR count). The quantitative estimate of drug-likeness (QED) is 0.806. The fraction of sp³-hybridized carbons (Fsp3) is 0.529. The molecule has 0 aromatic heterocycles. The van der Waals surface area contributed by atoms with Crippen LogP contribution in [0.4, 0.5) is 4.79 Å². The summed E-state index contributed by atoms with van der Waals surface area (Å²) in [5.74, 6) is 0.0112. The van der Waals surface area contributed by atoms with Crippen LogP contribution in [0, 0.1) is 0 Å². The predicted molar refractivity (Wildman–Crippen MR) is 85.6 cm³/mol. The number of amides is 2. The number of hydrogen-bond acceptors (Lipinski definition) is 4. The van der Waals surface area contributed by atoms with E-state index in [-0.39, 0.29) is 25.0 Å². The molecule has 2 amide bonds. The second kappa shape index (κ2) is 8.53. The van der Waals surface area contributed by atoms with E-state index < -0.39 is 6.09 Å². The van der Waals surface area contributed by atoms with Crippen LogP contribution in [0.15, 0.2) is 30.3 Å². The number of benzene rings is 1. The molecule has 23 heavy (non-hydrogen) atoms. The lowest BCUT2D eigenvalue weighted by Crippen LogP contribution is -2.41. The van der Waals surface area contributed by atoms with Crippen molar-refractivity contribution in [2.45, 2.75) is 32.4 Å². The number of ether oxygens (including phenoxy) is 2. The molecule has 1 atom stereocenters. The van der Waals surface area contributed by atoms with Gasteiger partial charge in [-0.1, -0.05) is 37.3 Å². The minimum Gasteiger partial charge on any atom is -0.445 e.